The van der Waals surface area contributed by atoms with Crippen molar-refractivity contribution in [3.05, 3.63) is 52.6 Å². The van der Waals surface area contributed by atoms with Crippen LogP contribution in [0.25, 0.3) is 0 Å². The number of anilines is 2. The summed E-state index contributed by atoms with van der Waals surface area (Å²) in [6.07, 6.45) is 5.84. The lowest BCUT2D eigenvalue weighted by Crippen LogP contribution is -2.31. The van der Waals surface area contributed by atoms with Crippen LogP contribution in [-0.2, 0) is 13.6 Å². The Morgan fingerprint density at radius 3 is 2.75 bits per heavy atom. The first-order valence-corrected chi connectivity index (χ1v) is 8.04. The lowest BCUT2D eigenvalue weighted by atomic mass is 10.3. The van der Waals surface area contributed by atoms with Crippen LogP contribution in [0.2, 0.25) is 0 Å². The zero-order chi connectivity index (χ0) is 16.9. The van der Waals surface area contributed by atoms with E-state index in [2.05, 4.69) is 20.5 Å². The Bertz CT molecular complexity index is 763. The standard InChI is InChI=1S/C17H21N5O2/c1-21-8-4-5-14(16(21)23)20-17(24)19-12-13-6-7-15(18-11-13)22-9-2-3-10-22/h4-8,11H,2-3,9-10,12H2,1H3,(H2,19,20,24). The number of nitrogens with zero attached hydrogens (tertiary/aromatic N) is 3. The lowest BCUT2D eigenvalue weighted by molar-refractivity contribution is 0.251. The van der Waals surface area contributed by atoms with Crippen LogP contribution < -0.4 is 21.1 Å². The van der Waals surface area contributed by atoms with E-state index in [1.165, 1.54) is 17.4 Å². The Morgan fingerprint density at radius 1 is 1.25 bits per heavy atom. The fourth-order valence-electron chi connectivity index (χ4n) is 2.70. The molecule has 2 amide bonds. The fourth-order valence-corrected chi connectivity index (χ4v) is 2.70. The molecule has 0 bridgehead atoms. The quantitative estimate of drug-likeness (QED) is 0.896. The van der Waals surface area contributed by atoms with Crippen LogP contribution in [0, 0.1) is 0 Å². The van der Waals surface area contributed by atoms with Gasteiger partial charge in [0.25, 0.3) is 5.56 Å². The highest BCUT2D eigenvalue weighted by Crippen LogP contribution is 2.17. The average molecular weight is 327 g/mol. The first-order chi connectivity index (χ1) is 11.6. The molecule has 2 aromatic heterocycles. The summed E-state index contributed by atoms with van der Waals surface area (Å²) in [5.74, 6) is 0.980. The van der Waals surface area contributed by atoms with Crippen LogP contribution in [0.1, 0.15) is 18.4 Å². The van der Waals surface area contributed by atoms with E-state index in [1.54, 1.807) is 31.6 Å². The van der Waals surface area contributed by atoms with E-state index >= 15 is 0 Å². The summed E-state index contributed by atoms with van der Waals surface area (Å²) >= 11 is 0. The maximum absolute atomic E-state index is 11.9. The first kappa shape index (κ1) is 16.0. The molecule has 0 unspecified atom stereocenters. The molecule has 0 atom stereocenters. The Morgan fingerprint density at radius 2 is 2.04 bits per heavy atom. The van der Waals surface area contributed by atoms with Gasteiger partial charge < -0.3 is 20.1 Å². The number of nitrogens with one attached hydrogen (secondary N) is 2. The Labute approximate surface area is 140 Å². The van der Waals surface area contributed by atoms with Crippen molar-refractivity contribution in [2.75, 3.05) is 23.3 Å². The van der Waals surface area contributed by atoms with Crippen molar-refractivity contribution in [1.29, 1.82) is 0 Å². The second kappa shape index (κ2) is 7.16. The fraction of sp³-hybridized carbons (Fsp3) is 0.353. The summed E-state index contributed by atoms with van der Waals surface area (Å²) in [6, 6.07) is 6.81. The van der Waals surface area contributed by atoms with E-state index < -0.39 is 6.03 Å². The van der Waals surface area contributed by atoms with Crippen molar-refractivity contribution in [1.82, 2.24) is 14.9 Å². The molecular formula is C17H21N5O2. The molecule has 1 aliphatic heterocycles. The van der Waals surface area contributed by atoms with Crippen molar-refractivity contribution < 1.29 is 4.79 Å². The molecule has 0 spiro atoms. The van der Waals surface area contributed by atoms with Crippen molar-refractivity contribution in [2.45, 2.75) is 19.4 Å². The van der Waals surface area contributed by atoms with Gasteiger partial charge >= 0.3 is 6.03 Å². The van der Waals surface area contributed by atoms with Gasteiger partial charge in [-0.1, -0.05) is 6.07 Å². The van der Waals surface area contributed by atoms with Crippen molar-refractivity contribution >= 4 is 17.5 Å². The number of pyridine rings is 2. The Hall–Kier alpha value is -2.83. The predicted octanol–water partition coefficient (Wildman–Crippen LogP) is 1.70. The third-order valence-electron chi connectivity index (χ3n) is 4.06. The van der Waals surface area contributed by atoms with E-state index in [0.717, 1.165) is 24.5 Å². The molecule has 2 aromatic rings. The average Bonchev–Trinajstić information content (AvgIpc) is 3.12. The second-order valence-electron chi connectivity index (χ2n) is 5.86. The maximum Gasteiger partial charge on any atom is 0.319 e. The normalized spacial score (nSPS) is 13.8. The van der Waals surface area contributed by atoms with Gasteiger partial charge in [-0.3, -0.25) is 4.79 Å². The number of rotatable bonds is 4. The van der Waals surface area contributed by atoms with Crippen LogP contribution in [-0.4, -0.2) is 28.7 Å². The van der Waals surface area contributed by atoms with Crippen molar-refractivity contribution in [3.63, 3.8) is 0 Å². The summed E-state index contributed by atoms with van der Waals surface area (Å²) in [4.78, 5) is 30.5. The van der Waals surface area contributed by atoms with E-state index in [0.29, 0.717) is 6.54 Å². The van der Waals surface area contributed by atoms with Gasteiger partial charge in [-0.15, -0.1) is 0 Å². The largest absolute Gasteiger partial charge is 0.357 e. The number of hydrogen-bond acceptors (Lipinski definition) is 4. The van der Waals surface area contributed by atoms with Crippen molar-refractivity contribution in [2.24, 2.45) is 7.05 Å². The second-order valence-corrected chi connectivity index (χ2v) is 5.86. The highest BCUT2D eigenvalue weighted by molar-refractivity contribution is 5.88. The molecule has 3 rings (SSSR count). The number of aryl methyl sites for hydroxylation is 1. The molecule has 1 saturated heterocycles. The van der Waals surface area contributed by atoms with Gasteiger partial charge in [-0.05, 0) is 36.6 Å². The summed E-state index contributed by atoms with van der Waals surface area (Å²) in [6.45, 7) is 2.46. The molecule has 1 aliphatic rings. The predicted molar refractivity (Wildman–Crippen MR) is 93.2 cm³/mol. The third kappa shape index (κ3) is 3.73. The minimum atomic E-state index is -0.415. The van der Waals surface area contributed by atoms with E-state index in [4.69, 9.17) is 0 Å². The van der Waals surface area contributed by atoms with Gasteiger partial charge in [0, 0.05) is 39.1 Å². The van der Waals surface area contributed by atoms with E-state index in [-0.39, 0.29) is 11.2 Å². The Kier molecular flexibility index (Phi) is 4.79. The molecule has 7 heteroatoms. The zero-order valence-electron chi connectivity index (χ0n) is 13.7. The molecule has 7 nitrogen and oxygen atoms in total. The SMILES string of the molecule is Cn1cccc(NC(=O)NCc2ccc(N3CCCC3)nc2)c1=O. The smallest absolute Gasteiger partial charge is 0.319 e. The number of urea groups is 1. The number of carbonyl (C=O) groups is 1. The topological polar surface area (TPSA) is 79.3 Å². The molecule has 0 saturated carbocycles. The number of amides is 2. The highest BCUT2D eigenvalue weighted by atomic mass is 16.2. The van der Waals surface area contributed by atoms with Gasteiger partial charge in [0.05, 0.1) is 0 Å². The van der Waals surface area contributed by atoms with Crippen LogP contribution in [0.4, 0.5) is 16.3 Å². The van der Waals surface area contributed by atoms with Gasteiger partial charge in [-0.25, -0.2) is 9.78 Å². The molecule has 2 N–H and O–H groups in total. The Balaban J connectivity index is 1.54. The van der Waals surface area contributed by atoms with Crippen LogP contribution in [0.15, 0.2) is 41.5 Å². The van der Waals surface area contributed by atoms with Crippen LogP contribution in [0.5, 0.6) is 0 Å². The van der Waals surface area contributed by atoms with Crippen molar-refractivity contribution in [3.8, 4) is 0 Å². The monoisotopic (exact) mass is 327 g/mol. The molecule has 24 heavy (non-hydrogen) atoms. The summed E-state index contributed by atoms with van der Waals surface area (Å²) in [7, 11) is 1.64. The highest BCUT2D eigenvalue weighted by Gasteiger charge is 2.13. The van der Waals surface area contributed by atoms with Crippen LogP contribution in [0.3, 0.4) is 0 Å². The molecule has 3 heterocycles. The molecular weight excluding hydrogens is 306 g/mol. The number of carbonyl (C=O) groups excluding carboxylic acids is 1. The maximum atomic E-state index is 11.9. The van der Waals surface area contributed by atoms with Gasteiger partial charge in [0.15, 0.2) is 0 Å². The summed E-state index contributed by atoms with van der Waals surface area (Å²) in [5.41, 5.74) is 0.915. The number of hydrogen-bond donors (Lipinski definition) is 2. The summed E-state index contributed by atoms with van der Waals surface area (Å²) < 4.78 is 1.41. The van der Waals surface area contributed by atoms with Gasteiger partial charge in [-0.2, -0.15) is 0 Å². The minimum Gasteiger partial charge on any atom is -0.357 e. The first-order valence-electron chi connectivity index (χ1n) is 8.04. The molecule has 0 radical (unpaired) electrons. The van der Waals surface area contributed by atoms with Gasteiger partial charge in [0.2, 0.25) is 0 Å². The zero-order valence-corrected chi connectivity index (χ0v) is 13.7. The number of aromatic nitrogens is 2. The molecule has 126 valence electrons. The summed E-state index contributed by atoms with van der Waals surface area (Å²) in [5, 5.41) is 5.30. The molecule has 1 fully saturated rings. The third-order valence-corrected chi connectivity index (χ3v) is 4.06. The van der Waals surface area contributed by atoms with Gasteiger partial charge in [0.1, 0.15) is 11.5 Å². The molecule has 0 aliphatic carbocycles. The van der Waals surface area contributed by atoms with E-state index in [1.807, 2.05) is 12.1 Å². The molecule has 0 aromatic carbocycles. The minimum absolute atomic E-state index is 0.246. The lowest BCUT2D eigenvalue weighted by Gasteiger charge is -2.16. The van der Waals surface area contributed by atoms with Crippen LogP contribution >= 0.6 is 0 Å². The van der Waals surface area contributed by atoms with E-state index in [9.17, 15) is 9.59 Å².